The number of nitrogens with one attached hydrogen (secondary N) is 1. The first-order valence-corrected chi connectivity index (χ1v) is 7.52. The van der Waals surface area contributed by atoms with E-state index in [9.17, 15) is 0 Å². The van der Waals surface area contributed by atoms with E-state index in [0.29, 0.717) is 5.92 Å². The van der Waals surface area contributed by atoms with Crippen LogP contribution in [-0.4, -0.2) is 36.0 Å². The lowest BCUT2D eigenvalue weighted by molar-refractivity contribution is 0.587. The van der Waals surface area contributed by atoms with Crippen LogP contribution in [0.3, 0.4) is 0 Å². The van der Waals surface area contributed by atoms with E-state index in [1.165, 1.54) is 29.9 Å². The van der Waals surface area contributed by atoms with Crippen molar-refractivity contribution in [2.45, 2.75) is 18.8 Å². The minimum Gasteiger partial charge on any atom is -0.366 e. The predicted molar refractivity (Wildman–Crippen MR) is 80.6 cm³/mol. The van der Waals surface area contributed by atoms with Gasteiger partial charge in [0.1, 0.15) is 0 Å². The zero-order valence-corrected chi connectivity index (χ0v) is 11.6. The lowest BCUT2D eigenvalue weighted by atomic mass is 10.2. The largest absolute Gasteiger partial charge is 0.366 e. The van der Waals surface area contributed by atoms with Gasteiger partial charge in [-0.2, -0.15) is 5.10 Å². The maximum Gasteiger partial charge on any atom is 0.0793 e. The van der Waals surface area contributed by atoms with E-state index in [0.717, 1.165) is 26.2 Å². The van der Waals surface area contributed by atoms with Crippen molar-refractivity contribution in [1.29, 1.82) is 0 Å². The molecule has 2 aromatic rings. The summed E-state index contributed by atoms with van der Waals surface area (Å²) < 4.78 is 2.15. The summed E-state index contributed by atoms with van der Waals surface area (Å²) in [4.78, 5) is 2.48. The maximum atomic E-state index is 4.68. The predicted octanol–water partition coefficient (Wildman–Crippen LogP) is 2.16. The monoisotopic (exact) mass is 268 g/mol. The molecule has 2 heterocycles. The van der Waals surface area contributed by atoms with Gasteiger partial charge < -0.3 is 10.2 Å². The second kappa shape index (κ2) is 4.94. The Labute approximate surface area is 119 Å². The van der Waals surface area contributed by atoms with E-state index in [1.807, 2.05) is 0 Å². The van der Waals surface area contributed by atoms with Crippen molar-refractivity contribution in [2.75, 3.05) is 31.1 Å². The average molecular weight is 268 g/mol. The van der Waals surface area contributed by atoms with E-state index in [1.54, 1.807) is 0 Å². The van der Waals surface area contributed by atoms with Crippen LogP contribution in [0.4, 0.5) is 5.69 Å². The Morgan fingerprint density at radius 1 is 1.05 bits per heavy atom. The first-order valence-electron chi connectivity index (χ1n) is 7.52. The summed E-state index contributed by atoms with van der Waals surface area (Å²) in [5.74, 6) is 0.697. The van der Waals surface area contributed by atoms with Gasteiger partial charge in [-0.05, 0) is 25.0 Å². The third-order valence-corrected chi connectivity index (χ3v) is 4.21. The Kier molecular flexibility index (Phi) is 2.96. The Morgan fingerprint density at radius 3 is 2.50 bits per heavy atom. The molecule has 1 aromatic carbocycles. The molecule has 0 amide bonds. The Balaban J connectivity index is 1.75. The molecule has 4 heteroatoms. The fraction of sp³-hybridized carbons (Fsp3) is 0.438. The maximum absolute atomic E-state index is 4.68. The van der Waals surface area contributed by atoms with Crippen LogP contribution in [0, 0.1) is 0 Å². The van der Waals surface area contributed by atoms with Gasteiger partial charge in [0, 0.05) is 32.1 Å². The smallest absolute Gasteiger partial charge is 0.0793 e. The molecule has 1 aromatic heterocycles. The molecule has 20 heavy (non-hydrogen) atoms. The number of hydrogen-bond acceptors (Lipinski definition) is 3. The van der Waals surface area contributed by atoms with Crippen LogP contribution in [0.1, 0.15) is 24.5 Å². The van der Waals surface area contributed by atoms with Crippen molar-refractivity contribution >= 4 is 5.69 Å². The molecule has 0 atom stereocenters. The summed E-state index contributed by atoms with van der Waals surface area (Å²) in [5, 5.41) is 8.10. The molecule has 0 spiro atoms. The van der Waals surface area contributed by atoms with Gasteiger partial charge in [-0.15, -0.1) is 0 Å². The van der Waals surface area contributed by atoms with E-state index in [-0.39, 0.29) is 0 Å². The molecule has 0 bridgehead atoms. The Hall–Kier alpha value is -1.81. The third kappa shape index (κ3) is 2.10. The van der Waals surface area contributed by atoms with Gasteiger partial charge >= 0.3 is 0 Å². The van der Waals surface area contributed by atoms with Gasteiger partial charge in [-0.25, -0.2) is 4.68 Å². The highest BCUT2D eigenvalue weighted by Crippen LogP contribution is 2.45. The third-order valence-electron chi connectivity index (χ3n) is 4.21. The topological polar surface area (TPSA) is 33.1 Å². The summed E-state index contributed by atoms with van der Waals surface area (Å²) >= 11 is 0. The van der Waals surface area contributed by atoms with Crippen molar-refractivity contribution in [1.82, 2.24) is 15.1 Å². The van der Waals surface area contributed by atoms with Crippen molar-refractivity contribution in [2.24, 2.45) is 0 Å². The van der Waals surface area contributed by atoms with Crippen LogP contribution in [0.15, 0.2) is 36.5 Å². The number of aromatic nitrogens is 2. The van der Waals surface area contributed by atoms with Crippen LogP contribution in [0.25, 0.3) is 5.69 Å². The zero-order valence-electron chi connectivity index (χ0n) is 11.6. The summed E-state index contributed by atoms with van der Waals surface area (Å²) in [7, 11) is 0. The Bertz CT molecular complexity index is 580. The van der Waals surface area contributed by atoms with Gasteiger partial charge in [0.25, 0.3) is 0 Å². The molecule has 2 aliphatic rings. The van der Waals surface area contributed by atoms with Gasteiger partial charge in [-0.3, -0.25) is 0 Å². The fourth-order valence-corrected chi connectivity index (χ4v) is 3.01. The SMILES string of the molecule is c1ccc(-n2ncc(N3CCNCC3)c2C2CC2)cc1. The highest BCUT2D eigenvalue weighted by molar-refractivity contribution is 5.55. The summed E-state index contributed by atoms with van der Waals surface area (Å²) in [6.07, 6.45) is 4.67. The van der Waals surface area contributed by atoms with E-state index in [4.69, 9.17) is 0 Å². The number of para-hydroxylation sites is 1. The van der Waals surface area contributed by atoms with Gasteiger partial charge in [0.05, 0.1) is 23.3 Å². The van der Waals surface area contributed by atoms with Gasteiger partial charge in [0.2, 0.25) is 0 Å². The molecule has 0 unspecified atom stereocenters. The second-order valence-electron chi connectivity index (χ2n) is 5.67. The van der Waals surface area contributed by atoms with Crippen LogP contribution >= 0.6 is 0 Å². The van der Waals surface area contributed by atoms with Crippen molar-refractivity contribution < 1.29 is 0 Å². The average Bonchev–Trinajstić information content (AvgIpc) is 3.27. The van der Waals surface area contributed by atoms with E-state index < -0.39 is 0 Å². The van der Waals surface area contributed by atoms with Crippen LogP contribution in [-0.2, 0) is 0 Å². The van der Waals surface area contributed by atoms with E-state index in [2.05, 4.69) is 56.5 Å². The molecule has 4 nitrogen and oxygen atoms in total. The quantitative estimate of drug-likeness (QED) is 0.926. The van der Waals surface area contributed by atoms with Crippen molar-refractivity contribution in [3.8, 4) is 5.69 Å². The number of nitrogens with zero attached hydrogens (tertiary/aromatic N) is 3. The number of hydrogen-bond donors (Lipinski definition) is 1. The van der Waals surface area contributed by atoms with Gasteiger partial charge in [0.15, 0.2) is 0 Å². The Morgan fingerprint density at radius 2 is 1.80 bits per heavy atom. The molecular formula is C16H20N4. The van der Waals surface area contributed by atoms with Crippen molar-refractivity contribution in [3.05, 3.63) is 42.2 Å². The van der Waals surface area contributed by atoms with Crippen LogP contribution in [0.5, 0.6) is 0 Å². The molecule has 1 aliphatic carbocycles. The molecule has 1 saturated heterocycles. The van der Waals surface area contributed by atoms with Crippen molar-refractivity contribution in [3.63, 3.8) is 0 Å². The zero-order chi connectivity index (χ0) is 13.4. The molecule has 1 saturated carbocycles. The summed E-state index contributed by atoms with van der Waals surface area (Å²) in [6, 6.07) is 10.5. The number of piperazine rings is 1. The molecule has 1 aliphatic heterocycles. The summed E-state index contributed by atoms with van der Waals surface area (Å²) in [5.41, 5.74) is 3.94. The first-order chi connectivity index (χ1) is 9.93. The molecule has 4 rings (SSSR count). The minimum atomic E-state index is 0.697. The molecular weight excluding hydrogens is 248 g/mol. The number of rotatable bonds is 3. The normalized spacial score (nSPS) is 19.3. The molecule has 0 radical (unpaired) electrons. The first kappa shape index (κ1) is 12.0. The lowest BCUT2D eigenvalue weighted by Gasteiger charge is -2.29. The standard InChI is InChI=1S/C16H20N4/c1-2-4-14(5-3-1)20-16(13-6-7-13)15(12-18-20)19-10-8-17-9-11-19/h1-5,12-13,17H,6-11H2. The number of benzene rings is 1. The van der Waals surface area contributed by atoms with Gasteiger partial charge in [-0.1, -0.05) is 18.2 Å². The van der Waals surface area contributed by atoms with Crippen LogP contribution in [0.2, 0.25) is 0 Å². The second-order valence-corrected chi connectivity index (χ2v) is 5.67. The lowest BCUT2D eigenvalue weighted by Crippen LogP contribution is -2.43. The van der Waals surface area contributed by atoms with Crippen LogP contribution < -0.4 is 10.2 Å². The van der Waals surface area contributed by atoms with E-state index >= 15 is 0 Å². The molecule has 2 fully saturated rings. The number of anilines is 1. The highest BCUT2D eigenvalue weighted by atomic mass is 15.3. The molecule has 1 N–H and O–H groups in total. The minimum absolute atomic E-state index is 0.697. The molecule has 104 valence electrons. The summed E-state index contributed by atoms with van der Waals surface area (Å²) in [6.45, 7) is 4.31. The highest BCUT2D eigenvalue weighted by Gasteiger charge is 2.32. The fourth-order valence-electron chi connectivity index (χ4n) is 3.01.